The van der Waals surface area contributed by atoms with Crippen molar-refractivity contribution in [1.82, 2.24) is 5.32 Å². The van der Waals surface area contributed by atoms with Crippen LogP contribution in [-0.2, 0) is 0 Å². The number of aryl methyl sites for hydroxylation is 2. The highest BCUT2D eigenvalue weighted by atomic mass is 16.3. The van der Waals surface area contributed by atoms with Crippen LogP contribution in [0.1, 0.15) is 37.8 Å². The first-order valence-corrected chi connectivity index (χ1v) is 6.68. The number of para-hydroxylation sites is 1. The van der Waals surface area contributed by atoms with Gasteiger partial charge in [-0.05, 0) is 38.3 Å². The topological polar surface area (TPSA) is 61.4 Å². The fourth-order valence-electron chi connectivity index (χ4n) is 2.16. The van der Waals surface area contributed by atoms with Crippen LogP contribution in [0.15, 0.2) is 18.2 Å². The van der Waals surface area contributed by atoms with Gasteiger partial charge in [0.15, 0.2) is 0 Å². The summed E-state index contributed by atoms with van der Waals surface area (Å²) in [6.45, 7) is 7.72. The summed E-state index contributed by atoms with van der Waals surface area (Å²) in [7, 11) is 0. The molecule has 0 saturated carbocycles. The average Bonchev–Trinajstić information content (AvgIpc) is 2.34. The van der Waals surface area contributed by atoms with E-state index in [2.05, 4.69) is 10.6 Å². The predicted octanol–water partition coefficient (Wildman–Crippen LogP) is 2.98. The molecule has 1 aromatic carbocycles. The molecule has 106 valence electrons. The number of amides is 2. The zero-order chi connectivity index (χ0) is 14.5. The number of carbonyl (C=O) groups excluding carboxylic acids is 1. The van der Waals surface area contributed by atoms with Gasteiger partial charge in [-0.1, -0.05) is 31.5 Å². The minimum atomic E-state index is -0.574. The van der Waals surface area contributed by atoms with Crippen LogP contribution in [-0.4, -0.2) is 23.3 Å². The average molecular weight is 264 g/mol. The van der Waals surface area contributed by atoms with Gasteiger partial charge in [-0.2, -0.15) is 0 Å². The second kappa shape index (κ2) is 6.57. The molecule has 1 unspecified atom stereocenters. The first-order chi connectivity index (χ1) is 8.91. The molecular weight excluding hydrogens is 240 g/mol. The van der Waals surface area contributed by atoms with E-state index in [1.165, 1.54) is 0 Å². The monoisotopic (exact) mass is 264 g/mol. The van der Waals surface area contributed by atoms with Crippen LogP contribution in [0.2, 0.25) is 0 Å². The Morgan fingerprint density at radius 3 is 2.37 bits per heavy atom. The van der Waals surface area contributed by atoms with Gasteiger partial charge in [-0.3, -0.25) is 0 Å². The fourth-order valence-corrected chi connectivity index (χ4v) is 2.16. The fraction of sp³-hybridized carbons (Fsp3) is 0.533. The largest absolute Gasteiger partial charge is 0.394 e. The van der Waals surface area contributed by atoms with Gasteiger partial charge in [0.2, 0.25) is 0 Å². The van der Waals surface area contributed by atoms with E-state index in [9.17, 15) is 9.90 Å². The van der Waals surface area contributed by atoms with Gasteiger partial charge in [0.25, 0.3) is 0 Å². The molecule has 1 atom stereocenters. The summed E-state index contributed by atoms with van der Waals surface area (Å²) in [6.07, 6.45) is 1.64. The lowest BCUT2D eigenvalue weighted by atomic mass is 9.97. The van der Waals surface area contributed by atoms with E-state index in [0.29, 0.717) is 0 Å². The van der Waals surface area contributed by atoms with E-state index < -0.39 is 5.54 Å². The van der Waals surface area contributed by atoms with E-state index in [1.807, 2.05) is 45.9 Å². The van der Waals surface area contributed by atoms with Gasteiger partial charge >= 0.3 is 6.03 Å². The Kier molecular flexibility index (Phi) is 5.36. The SMILES string of the molecule is CCCC(C)(CO)NC(=O)Nc1c(C)cccc1C. The van der Waals surface area contributed by atoms with Gasteiger partial charge in [0.05, 0.1) is 12.1 Å². The second-order valence-electron chi connectivity index (χ2n) is 5.31. The molecule has 4 heteroatoms. The summed E-state index contributed by atoms with van der Waals surface area (Å²) in [6, 6.07) is 5.60. The molecular formula is C15H24N2O2. The Morgan fingerprint density at radius 2 is 1.89 bits per heavy atom. The first-order valence-electron chi connectivity index (χ1n) is 6.68. The van der Waals surface area contributed by atoms with Crippen molar-refractivity contribution in [1.29, 1.82) is 0 Å². The maximum absolute atomic E-state index is 12.0. The van der Waals surface area contributed by atoms with E-state index in [1.54, 1.807) is 0 Å². The summed E-state index contributed by atoms with van der Waals surface area (Å²) in [5.41, 5.74) is 2.31. The summed E-state index contributed by atoms with van der Waals surface area (Å²) in [5.74, 6) is 0. The highest BCUT2D eigenvalue weighted by Crippen LogP contribution is 2.20. The quantitative estimate of drug-likeness (QED) is 0.765. The number of anilines is 1. The number of benzene rings is 1. The first kappa shape index (κ1) is 15.5. The van der Waals surface area contributed by atoms with Crippen molar-refractivity contribution >= 4 is 11.7 Å². The van der Waals surface area contributed by atoms with Crippen molar-refractivity contribution in [3.05, 3.63) is 29.3 Å². The van der Waals surface area contributed by atoms with Gasteiger partial charge in [-0.15, -0.1) is 0 Å². The van der Waals surface area contributed by atoms with Crippen molar-refractivity contribution < 1.29 is 9.90 Å². The standard InChI is InChI=1S/C15H24N2O2/c1-5-9-15(4,10-18)17-14(19)16-13-11(2)7-6-8-12(13)3/h6-8,18H,5,9-10H2,1-4H3,(H2,16,17,19). The van der Waals surface area contributed by atoms with Gasteiger partial charge in [-0.25, -0.2) is 4.79 Å². The maximum Gasteiger partial charge on any atom is 0.319 e. The number of hydrogen-bond acceptors (Lipinski definition) is 2. The van der Waals surface area contributed by atoms with Crippen LogP contribution >= 0.6 is 0 Å². The smallest absolute Gasteiger partial charge is 0.319 e. The number of carbonyl (C=O) groups is 1. The Balaban J connectivity index is 2.75. The lowest BCUT2D eigenvalue weighted by Gasteiger charge is -2.28. The second-order valence-corrected chi connectivity index (χ2v) is 5.31. The van der Waals surface area contributed by atoms with Gasteiger partial charge in [0.1, 0.15) is 0 Å². The molecule has 0 saturated heterocycles. The van der Waals surface area contributed by atoms with E-state index in [0.717, 1.165) is 29.7 Å². The molecule has 2 amide bonds. The molecule has 0 aliphatic rings. The number of rotatable bonds is 5. The molecule has 0 radical (unpaired) electrons. The Labute approximate surface area is 115 Å². The minimum absolute atomic E-state index is 0.0684. The molecule has 0 aliphatic carbocycles. The molecule has 1 rings (SSSR count). The molecule has 0 fully saturated rings. The number of aliphatic hydroxyl groups excluding tert-OH is 1. The third-order valence-corrected chi connectivity index (χ3v) is 3.29. The molecule has 1 aromatic rings. The predicted molar refractivity (Wildman–Crippen MR) is 78.5 cm³/mol. The molecule has 0 spiro atoms. The summed E-state index contributed by atoms with van der Waals surface area (Å²) < 4.78 is 0. The van der Waals surface area contributed by atoms with Crippen molar-refractivity contribution in [3.63, 3.8) is 0 Å². The van der Waals surface area contributed by atoms with Crippen LogP contribution in [0.4, 0.5) is 10.5 Å². The van der Waals surface area contributed by atoms with E-state index >= 15 is 0 Å². The Bertz CT molecular complexity index is 426. The highest BCUT2D eigenvalue weighted by Gasteiger charge is 2.24. The van der Waals surface area contributed by atoms with Gasteiger partial charge in [0, 0.05) is 5.69 Å². The van der Waals surface area contributed by atoms with Crippen molar-refractivity contribution in [2.24, 2.45) is 0 Å². The summed E-state index contributed by atoms with van der Waals surface area (Å²) in [4.78, 5) is 12.0. The minimum Gasteiger partial charge on any atom is -0.394 e. The number of aliphatic hydroxyl groups is 1. The van der Waals surface area contributed by atoms with Crippen LogP contribution in [0.3, 0.4) is 0 Å². The molecule has 0 heterocycles. The highest BCUT2D eigenvalue weighted by molar-refractivity contribution is 5.91. The third kappa shape index (κ3) is 4.24. The molecule has 0 aromatic heterocycles. The number of nitrogens with one attached hydrogen (secondary N) is 2. The Morgan fingerprint density at radius 1 is 1.32 bits per heavy atom. The molecule has 0 bridgehead atoms. The zero-order valence-electron chi connectivity index (χ0n) is 12.2. The molecule has 19 heavy (non-hydrogen) atoms. The third-order valence-electron chi connectivity index (χ3n) is 3.29. The summed E-state index contributed by atoms with van der Waals surface area (Å²) >= 11 is 0. The van der Waals surface area contributed by atoms with Crippen LogP contribution < -0.4 is 10.6 Å². The molecule has 4 nitrogen and oxygen atoms in total. The van der Waals surface area contributed by atoms with E-state index in [4.69, 9.17) is 0 Å². The lowest BCUT2D eigenvalue weighted by molar-refractivity contribution is 0.167. The van der Waals surface area contributed by atoms with Crippen LogP contribution in [0, 0.1) is 13.8 Å². The Hall–Kier alpha value is -1.55. The maximum atomic E-state index is 12.0. The lowest BCUT2D eigenvalue weighted by Crippen LogP contribution is -2.50. The zero-order valence-corrected chi connectivity index (χ0v) is 12.2. The molecule has 3 N–H and O–H groups in total. The van der Waals surface area contributed by atoms with Gasteiger partial charge < -0.3 is 15.7 Å². The molecule has 0 aliphatic heterocycles. The summed E-state index contributed by atoms with van der Waals surface area (Å²) in [5, 5.41) is 15.1. The van der Waals surface area contributed by atoms with Crippen LogP contribution in [0.25, 0.3) is 0 Å². The van der Waals surface area contributed by atoms with E-state index in [-0.39, 0.29) is 12.6 Å². The van der Waals surface area contributed by atoms with Crippen LogP contribution in [0.5, 0.6) is 0 Å². The van der Waals surface area contributed by atoms with Crippen molar-refractivity contribution in [2.45, 2.75) is 46.1 Å². The number of hydrogen-bond donors (Lipinski definition) is 3. The normalized spacial score (nSPS) is 13.7. The van der Waals surface area contributed by atoms with Crippen molar-refractivity contribution in [3.8, 4) is 0 Å². The van der Waals surface area contributed by atoms with Crippen molar-refractivity contribution in [2.75, 3.05) is 11.9 Å². The number of urea groups is 1.